The second-order valence-corrected chi connectivity index (χ2v) is 13.8. The molecule has 0 spiro atoms. The van der Waals surface area contributed by atoms with Gasteiger partial charge in [0, 0.05) is 22.3 Å². The fraction of sp³-hybridized carbons (Fsp3) is 0.130. The van der Waals surface area contributed by atoms with Gasteiger partial charge < -0.3 is 0 Å². The van der Waals surface area contributed by atoms with E-state index in [2.05, 4.69) is 0 Å². The molecule has 0 unspecified atom stereocenters. The highest BCUT2D eigenvalue weighted by molar-refractivity contribution is 5.95. The third kappa shape index (κ3) is 8.19. The summed E-state index contributed by atoms with van der Waals surface area (Å²) in [7, 11) is 0. The molecule has 0 aliphatic heterocycles. The molecule has 2 nitrogen and oxygen atoms in total. The van der Waals surface area contributed by atoms with Gasteiger partial charge in [0.15, 0.2) is 0 Å². The van der Waals surface area contributed by atoms with Crippen LogP contribution in [-0.4, -0.2) is 9.97 Å². The topological polar surface area (TPSA) is 25.8 Å². The average molecular weight is 783 g/mol. The lowest BCUT2D eigenvalue weighted by Gasteiger charge is -2.21. The van der Waals surface area contributed by atoms with Crippen molar-refractivity contribution in [3.05, 3.63) is 167 Å². The number of hydrogen-bond donors (Lipinski definition) is 0. The third-order valence-corrected chi connectivity index (χ3v) is 9.57. The van der Waals surface area contributed by atoms with Crippen LogP contribution in [0.1, 0.15) is 33.4 Å². The summed E-state index contributed by atoms with van der Waals surface area (Å²) in [4.78, 5) is 9.54. The van der Waals surface area contributed by atoms with Gasteiger partial charge in [-0.15, -0.1) is 0 Å². The van der Waals surface area contributed by atoms with E-state index in [0.29, 0.717) is 27.8 Å². The predicted octanol–water partition coefficient (Wildman–Crippen LogP) is 14.5. The molecule has 0 N–H and O–H groups in total. The molecule has 2 heterocycles. The van der Waals surface area contributed by atoms with Crippen molar-refractivity contribution in [1.29, 1.82) is 0 Å². The molecule has 7 rings (SSSR count). The van der Waals surface area contributed by atoms with E-state index in [4.69, 9.17) is 9.97 Å². The van der Waals surface area contributed by atoms with Crippen molar-refractivity contribution in [1.82, 2.24) is 9.97 Å². The van der Waals surface area contributed by atoms with E-state index in [-0.39, 0.29) is 50.6 Å². The van der Waals surface area contributed by atoms with Crippen LogP contribution in [0.4, 0.5) is 39.5 Å². The van der Waals surface area contributed by atoms with Crippen LogP contribution in [-0.2, 0) is 18.5 Å². The van der Waals surface area contributed by atoms with Gasteiger partial charge in [-0.1, -0.05) is 54.6 Å². The minimum atomic E-state index is -4.78. The lowest BCUT2D eigenvalue weighted by atomic mass is 9.85. The Bertz CT molecular complexity index is 2640. The number of nitrogens with zero attached hydrogens (tertiary/aromatic N) is 2. The van der Waals surface area contributed by atoms with E-state index < -0.39 is 35.2 Å². The van der Waals surface area contributed by atoms with Crippen molar-refractivity contribution in [3.63, 3.8) is 0 Å². The Morgan fingerprint density at radius 1 is 0.351 bits per heavy atom. The van der Waals surface area contributed by atoms with Gasteiger partial charge in [-0.2, -0.15) is 39.5 Å². The number of rotatable bonds is 6. The Morgan fingerprint density at radius 2 is 0.772 bits per heavy atom. The Labute approximate surface area is 322 Å². The zero-order valence-electron chi connectivity index (χ0n) is 30.5. The first kappa shape index (κ1) is 39.0. The molecule has 0 radical (unpaired) electrons. The van der Waals surface area contributed by atoms with Crippen molar-refractivity contribution in [2.75, 3.05) is 0 Å². The van der Waals surface area contributed by atoms with E-state index in [9.17, 15) is 39.5 Å². The lowest BCUT2D eigenvalue weighted by Crippen LogP contribution is -2.08. The fourth-order valence-corrected chi connectivity index (χ4v) is 6.99. The van der Waals surface area contributed by atoms with Crippen LogP contribution >= 0.6 is 0 Å². The van der Waals surface area contributed by atoms with Gasteiger partial charge >= 0.3 is 18.5 Å². The van der Waals surface area contributed by atoms with Gasteiger partial charge in [0.1, 0.15) is 0 Å². The zero-order valence-corrected chi connectivity index (χ0v) is 30.5. The molecule has 57 heavy (non-hydrogen) atoms. The minimum Gasteiger partial charge on any atom is -0.248 e. The molecule has 0 atom stereocenters. The quantitative estimate of drug-likeness (QED) is 0.157. The van der Waals surface area contributed by atoms with Gasteiger partial charge in [-0.3, -0.25) is 0 Å². The molecule has 11 heteroatoms. The largest absolute Gasteiger partial charge is 0.417 e. The van der Waals surface area contributed by atoms with Crippen LogP contribution in [0.3, 0.4) is 0 Å². The van der Waals surface area contributed by atoms with Crippen LogP contribution in [0, 0.1) is 20.8 Å². The minimum absolute atomic E-state index is 0.0993. The number of aromatic nitrogens is 2. The molecule has 0 bridgehead atoms. The maximum atomic E-state index is 14.7. The van der Waals surface area contributed by atoms with Crippen LogP contribution in [0.5, 0.6) is 0 Å². The van der Waals surface area contributed by atoms with Crippen molar-refractivity contribution in [3.8, 4) is 67.3 Å². The summed E-state index contributed by atoms with van der Waals surface area (Å²) in [5, 5.41) is 0. The predicted molar refractivity (Wildman–Crippen MR) is 204 cm³/mol. The van der Waals surface area contributed by atoms with Crippen molar-refractivity contribution in [2.24, 2.45) is 0 Å². The van der Waals surface area contributed by atoms with E-state index in [0.717, 1.165) is 35.9 Å². The maximum Gasteiger partial charge on any atom is 0.417 e. The molecule has 2 aromatic heterocycles. The average Bonchev–Trinajstić information content (AvgIpc) is 3.16. The van der Waals surface area contributed by atoms with Crippen LogP contribution in [0.2, 0.25) is 0 Å². The number of pyridine rings is 2. The first-order valence-corrected chi connectivity index (χ1v) is 17.6. The number of benzene rings is 5. The van der Waals surface area contributed by atoms with Gasteiger partial charge in [0.25, 0.3) is 0 Å². The van der Waals surface area contributed by atoms with Crippen molar-refractivity contribution in [2.45, 2.75) is 39.3 Å². The highest BCUT2D eigenvalue weighted by atomic mass is 19.4. The van der Waals surface area contributed by atoms with Crippen LogP contribution in [0.15, 0.2) is 133 Å². The number of hydrogen-bond acceptors (Lipinski definition) is 2. The van der Waals surface area contributed by atoms with Gasteiger partial charge in [0.2, 0.25) is 0 Å². The molecular weight excluding hydrogens is 752 g/mol. The second-order valence-electron chi connectivity index (χ2n) is 13.8. The summed E-state index contributed by atoms with van der Waals surface area (Å²) >= 11 is 0. The number of alkyl halides is 9. The summed E-state index contributed by atoms with van der Waals surface area (Å²) in [6, 6.07) is 32.2. The SMILES string of the molecule is Cc1cc(-c2cccc(-c3cc(-c4ccccc4C(F)(F)F)c(-c4cccc(-c5cc(C)cc(C(F)(F)F)c5)n4)cc3-c3ccccc3C)n2)cc(C(F)(F)F)c1. The summed E-state index contributed by atoms with van der Waals surface area (Å²) < 4.78 is 127. The molecule has 0 aliphatic carbocycles. The number of aryl methyl sites for hydroxylation is 3. The molecule has 0 amide bonds. The van der Waals surface area contributed by atoms with E-state index in [1.807, 2.05) is 25.1 Å². The van der Waals surface area contributed by atoms with Gasteiger partial charge in [-0.25, -0.2) is 9.97 Å². The molecular formula is C46H31F9N2. The summed E-state index contributed by atoms with van der Waals surface area (Å²) in [5.74, 6) is 0. The molecule has 288 valence electrons. The normalized spacial score (nSPS) is 12.2. The monoisotopic (exact) mass is 782 g/mol. The first-order chi connectivity index (χ1) is 26.9. The molecule has 0 saturated carbocycles. The van der Waals surface area contributed by atoms with Crippen LogP contribution in [0.25, 0.3) is 67.3 Å². The highest BCUT2D eigenvalue weighted by Gasteiger charge is 2.35. The smallest absolute Gasteiger partial charge is 0.248 e. The highest BCUT2D eigenvalue weighted by Crippen LogP contribution is 2.46. The molecule has 0 fully saturated rings. The lowest BCUT2D eigenvalue weighted by molar-refractivity contribution is -0.138. The Balaban J connectivity index is 1.53. The van der Waals surface area contributed by atoms with Gasteiger partial charge in [0.05, 0.1) is 39.5 Å². The van der Waals surface area contributed by atoms with E-state index >= 15 is 0 Å². The second kappa shape index (κ2) is 14.7. The molecule has 0 saturated heterocycles. The molecule has 0 aliphatic rings. The standard InChI is InChI=1S/C46H31F9N2/c1-26-18-29(22-31(20-26)44(47,48)49)40-14-8-16-42(56-40)37-25-36(34-12-6-7-13-39(34)46(53,54)55)38(24-35(37)33-11-5-4-10-28(33)3)43-17-9-15-41(57-43)30-19-27(2)21-32(23-30)45(50,51)52/h4-25H,1-3H3. The van der Waals surface area contributed by atoms with Gasteiger partial charge in [-0.05, 0) is 139 Å². The summed E-state index contributed by atoms with van der Waals surface area (Å²) in [6.45, 7) is 4.92. The molecule has 5 aromatic carbocycles. The molecule has 7 aromatic rings. The Morgan fingerprint density at radius 3 is 1.23 bits per heavy atom. The van der Waals surface area contributed by atoms with Crippen molar-refractivity contribution >= 4 is 0 Å². The third-order valence-electron chi connectivity index (χ3n) is 9.57. The summed E-state index contributed by atoms with van der Waals surface area (Å²) in [5.41, 5.74) is 1.84. The van der Waals surface area contributed by atoms with Crippen molar-refractivity contribution < 1.29 is 39.5 Å². The van der Waals surface area contributed by atoms with E-state index in [1.54, 1.807) is 67.6 Å². The first-order valence-electron chi connectivity index (χ1n) is 17.6. The fourth-order valence-electron chi connectivity index (χ4n) is 6.99. The van der Waals surface area contributed by atoms with Crippen LogP contribution < -0.4 is 0 Å². The summed E-state index contributed by atoms with van der Waals surface area (Å²) in [6.07, 6.45) is -14.0. The Hall–Kier alpha value is -6.23. The maximum absolute atomic E-state index is 14.7. The zero-order chi connectivity index (χ0) is 40.9. The van der Waals surface area contributed by atoms with E-state index in [1.165, 1.54) is 31.2 Å². The number of halogens is 9. The Kier molecular flexibility index (Phi) is 10.1.